The van der Waals surface area contributed by atoms with Crippen molar-refractivity contribution in [2.75, 3.05) is 5.75 Å². The molecule has 1 atom stereocenters. The van der Waals surface area contributed by atoms with Crippen LogP contribution in [0.3, 0.4) is 0 Å². The fraction of sp³-hybridized carbons (Fsp3) is 0.750. The number of carbonyl (C=O) groups is 1. The van der Waals surface area contributed by atoms with E-state index in [4.69, 9.17) is 10.8 Å². The van der Waals surface area contributed by atoms with Crippen molar-refractivity contribution in [3.05, 3.63) is 0 Å². The molecule has 0 aromatic carbocycles. The van der Waals surface area contributed by atoms with Crippen LogP contribution in [0.2, 0.25) is 4.43 Å². The number of rotatable bonds is 2. The van der Waals surface area contributed by atoms with E-state index in [0.717, 1.165) is 26.1 Å². The Morgan fingerprint density at radius 2 is 2.22 bits per heavy atom. The van der Waals surface area contributed by atoms with E-state index < -0.39 is 12.0 Å². The second-order valence-electron chi connectivity index (χ2n) is 1.13. The van der Waals surface area contributed by atoms with Crippen LogP contribution in [-0.2, 0) is 30.9 Å². The van der Waals surface area contributed by atoms with Gasteiger partial charge >= 0.3 is 36.5 Å². The minimum atomic E-state index is -1.00. The molecule has 0 aliphatic rings. The number of carboxylic acids is 1. The minimum absolute atomic E-state index is 0.190. The van der Waals surface area contributed by atoms with Gasteiger partial charge in [-0.05, 0) is 0 Å². The molecule has 0 rings (SSSR count). The summed E-state index contributed by atoms with van der Waals surface area (Å²) in [5.74, 6) is -0.815. The summed E-state index contributed by atoms with van der Waals surface area (Å²) in [5.41, 5.74) is 4.94. The van der Waals surface area contributed by atoms with Crippen molar-refractivity contribution in [2.24, 2.45) is 5.73 Å². The van der Waals surface area contributed by atoms with E-state index in [1.165, 1.54) is 0 Å². The van der Waals surface area contributed by atoms with Crippen LogP contribution >= 0.6 is 12.6 Å². The molecule has 1 unspecified atom stereocenters. The number of hydrogen-bond donors (Lipinski definition) is 3. The molecule has 5 heteroatoms. The van der Waals surface area contributed by atoms with E-state index in [2.05, 4.69) is 17.1 Å². The Bertz CT molecular complexity index is 81.0. The van der Waals surface area contributed by atoms with Gasteiger partial charge in [-0.25, -0.2) is 0 Å². The fourth-order valence-corrected chi connectivity index (χ4v) is 0.234. The van der Waals surface area contributed by atoms with Gasteiger partial charge in [-0.1, -0.05) is 0 Å². The van der Waals surface area contributed by atoms with E-state index in [-0.39, 0.29) is 5.75 Å². The number of hydrogen-bond acceptors (Lipinski definition) is 3. The Morgan fingerprint density at radius 1 is 1.89 bits per heavy atom. The number of aliphatic carboxylic acids is 1. The van der Waals surface area contributed by atoms with E-state index in [9.17, 15) is 4.79 Å². The Morgan fingerprint density at radius 3 is 2.22 bits per heavy atom. The zero-order valence-corrected chi connectivity index (χ0v) is 11.8. The average molecular weight is 337 g/mol. The molecule has 9 heavy (non-hydrogen) atoms. The summed E-state index contributed by atoms with van der Waals surface area (Å²) in [6.45, 7) is 0. The number of carboxylic acid groups (broad SMARTS) is 1. The Labute approximate surface area is 76.4 Å². The summed E-state index contributed by atoms with van der Waals surface area (Å²) < 4.78 is 2.19. The molecule has 0 bridgehead atoms. The van der Waals surface area contributed by atoms with E-state index in [1.54, 1.807) is 0 Å². The quantitative estimate of drug-likeness (QED) is 0.488. The summed E-state index contributed by atoms with van der Waals surface area (Å²) in [4.78, 5) is 9.76. The van der Waals surface area contributed by atoms with Crippen molar-refractivity contribution >= 4 is 18.6 Å². The second kappa shape index (κ2) is 8.72. The summed E-state index contributed by atoms with van der Waals surface area (Å²) >= 11 is 4.68. The first-order chi connectivity index (χ1) is 4.18. The Balaban J connectivity index is 0. The zero-order valence-electron chi connectivity index (χ0n) is 5.37. The molecule has 0 aliphatic carbocycles. The molecule has 3 nitrogen and oxygen atoms in total. The van der Waals surface area contributed by atoms with Gasteiger partial charge in [-0.3, -0.25) is 4.79 Å². The molecule has 0 radical (unpaired) electrons. The molecular weight excluding hydrogens is 327 g/mol. The van der Waals surface area contributed by atoms with Gasteiger partial charge in [-0.15, -0.1) is 0 Å². The fourth-order valence-electron chi connectivity index (χ4n) is 0.0781. The van der Waals surface area contributed by atoms with Crippen LogP contribution in [0.15, 0.2) is 0 Å². The summed E-state index contributed by atoms with van der Waals surface area (Å²) in [6.07, 6.45) is 0. The molecule has 0 fully saturated rings. The first kappa shape index (κ1) is 12.4. The molecule has 50 valence electrons. The maximum atomic E-state index is 9.76. The van der Waals surface area contributed by atoms with Crippen LogP contribution in [-0.4, -0.2) is 22.9 Å². The van der Waals surface area contributed by atoms with Crippen molar-refractivity contribution < 1.29 is 36.0 Å². The summed E-state index contributed by atoms with van der Waals surface area (Å²) in [7, 11) is 0. The predicted octanol–water partition coefficient (Wildman–Crippen LogP) is -0.0906. The van der Waals surface area contributed by atoms with E-state index >= 15 is 0 Å². The molecular formula is C4H10HgNO2S+. The van der Waals surface area contributed by atoms with Crippen LogP contribution in [0, 0.1) is 0 Å². The van der Waals surface area contributed by atoms with Crippen molar-refractivity contribution in [1.82, 2.24) is 0 Å². The first-order valence-corrected chi connectivity index (χ1v) is 8.61. The predicted molar refractivity (Wildman–Crippen MR) is 35.3 cm³/mol. The van der Waals surface area contributed by atoms with Crippen molar-refractivity contribution in [1.29, 1.82) is 0 Å². The van der Waals surface area contributed by atoms with Crippen LogP contribution in [0.1, 0.15) is 0 Å². The van der Waals surface area contributed by atoms with Gasteiger partial charge < -0.3 is 10.8 Å². The van der Waals surface area contributed by atoms with Gasteiger partial charge in [-0.2, -0.15) is 12.6 Å². The molecule has 0 saturated heterocycles. The topological polar surface area (TPSA) is 63.3 Å². The maximum absolute atomic E-state index is 9.76. The van der Waals surface area contributed by atoms with Gasteiger partial charge in [0, 0.05) is 5.75 Å². The molecule has 0 aromatic rings. The molecule has 0 spiro atoms. The number of nitrogens with two attached hydrogens (primary N) is 1. The molecule has 0 heterocycles. The average Bonchev–Trinajstić information content (AvgIpc) is 1.91. The van der Waals surface area contributed by atoms with Gasteiger partial charge in [0.15, 0.2) is 0 Å². The molecule has 0 aromatic heterocycles. The van der Waals surface area contributed by atoms with Gasteiger partial charge in [0.05, 0.1) is 0 Å². The van der Waals surface area contributed by atoms with E-state index in [1.807, 2.05) is 0 Å². The monoisotopic (exact) mass is 338 g/mol. The Hall–Kier alpha value is 0.715. The van der Waals surface area contributed by atoms with Gasteiger partial charge in [0.25, 0.3) is 0 Å². The standard InChI is InChI=1S/C3H7NO2S.CH3.Hg/c4-2(1-7)3(5)6;;/h2,7H,1,4H2,(H,5,6);1H3;/q;;+1. The van der Waals surface area contributed by atoms with Crippen LogP contribution in [0.4, 0.5) is 0 Å². The van der Waals surface area contributed by atoms with Crippen LogP contribution in [0.25, 0.3) is 0 Å². The van der Waals surface area contributed by atoms with E-state index in [0.29, 0.717) is 0 Å². The third-order valence-corrected chi connectivity index (χ3v) is 0.907. The normalized spacial score (nSPS) is 11.2. The van der Waals surface area contributed by atoms with Gasteiger partial charge in [0.2, 0.25) is 0 Å². The Kier molecular flexibility index (Phi) is 12.0. The third kappa shape index (κ3) is 8.72. The SMILES string of the molecule is NC(CS)C(=O)O.[CH3][Hg+]. The first-order valence-electron chi connectivity index (χ1n) is 2.48. The third-order valence-electron chi connectivity index (χ3n) is 0.514. The molecule has 0 saturated carbocycles. The molecule has 0 amide bonds. The van der Waals surface area contributed by atoms with Gasteiger partial charge in [0.1, 0.15) is 6.04 Å². The van der Waals surface area contributed by atoms with Crippen molar-refractivity contribution in [3.8, 4) is 0 Å². The number of thiol groups is 1. The van der Waals surface area contributed by atoms with Crippen molar-refractivity contribution in [3.63, 3.8) is 0 Å². The van der Waals surface area contributed by atoms with Crippen molar-refractivity contribution in [2.45, 2.75) is 10.5 Å². The summed E-state index contributed by atoms with van der Waals surface area (Å²) in [5, 5.41) is 8.01. The summed E-state index contributed by atoms with van der Waals surface area (Å²) in [6, 6.07) is -0.816. The second-order valence-corrected chi connectivity index (χ2v) is 1.49. The molecule has 3 N–H and O–H groups in total. The van der Waals surface area contributed by atoms with Crippen LogP contribution < -0.4 is 5.73 Å². The zero-order chi connectivity index (χ0) is 7.86. The van der Waals surface area contributed by atoms with Crippen LogP contribution in [0.5, 0.6) is 0 Å². The molecule has 0 aliphatic heterocycles.